The third kappa shape index (κ3) is 2.67. The van der Waals surface area contributed by atoms with E-state index in [2.05, 4.69) is 25.3 Å². The van der Waals surface area contributed by atoms with Crippen LogP contribution in [0, 0.1) is 0 Å². The van der Waals surface area contributed by atoms with Crippen molar-refractivity contribution in [2.75, 3.05) is 10.1 Å². The highest BCUT2D eigenvalue weighted by Crippen LogP contribution is 2.16. The molecule has 2 aromatic heterocycles. The quantitative estimate of drug-likeness (QED) is 0.529. The minimum absolute atomic E-state index is 0.0201. The average molecular weight is 272 g/mol. The van der Waals surface area contributed by atoms with Crippen molar-refractivity contribution >= 4 is 32.3 Å². The van der Waals surface area contributed by atoms with E-state index in [1.165, 1.54) is 23.8 Å². The van der Waals surface area contributed by atoms with Gasteiger partial charge in [0.25, 0.3) is 10.0 Å². The molecule has 4 N–H and O–H groups in total. The molecule has 0 aliphatic heterocycles. The fraction of sp³-hybridized carbons (Fsp3) is 0. The number of nitrogen functional groups attached to an aromatic ring is 1. The van der Waals surface area contributed by atoms with Crippen LogP contribution >= 0.6 is 11.3 Å². The summed E-state index contributed by atoms with van der Waals surface area (Å²) in [6.07, 6.45) is 1.19. The van der Waals surface area contributed by atoms with Gasteiger partial charge in [-0.25, -0.2) is 19.2 Å². The molecule has 0 aliphatic carbocycles. The fourth-order valence-corrected chi connectivity index (χ4v) is 2.65. The van der Waals surface area contributed by atoms with Gasteiger partial charge in [-0.3, -0.25) is 4.72 Å². The number of nitrogens with zero attached hydrogens (tertiary/aromatic N) is 3. The van der Waals surface area contributed by atoms with Crippen molar-refractivity contribution in [2.45, 2.75) is 4.90 Å². The van der Waals surface area contributed by atoms with Crippen LogP contribution in [0.25, 0.3) is 0 Å². The molecule has 17 heavy (non-hydrogen) atoms. The van der Waals surface area contributed by atoms with E-state index in [0.29, 0.717) is 5.82 Å². The first kappa shape index (κ1) is 11.7. The number of hydrogen-bond donors (Lipinski definition) is 3. The molecule has 0 spiro atoms. The molecule has 0 saturated carbocycles. The van der Waals surface area contributed by atoms with E-state index in [1.54, 1.807) is 0 Å². The standard InChI is InChI=1S/C7H8N6O2S2/c8-11-6-2-1-5(3-9-6)17(14,15)13-7-12-10-4-16-7/h1-4H,8H2,(H,9,11)(H,12,13). The van der Waals surface area contributed by atoms with Crippen LogP contribution in [0.15, 0.2) is 28.7 Å². The van der Waals surface area contributed by atoms with Gasteiger partial charge in [-0.05, 0) is 12.1 Å². The van der Waals surface area contributed by atoms with Crippen LogP contribution in [0.3, 0.4) is 0 Å². The average Bonchev–Trinajstić information content (AvgIpc) is 2.81. The minimum Gasteiger partial charge on any atom is -0.308 e. The number of anilines is 2. The van der Waals surface area contributed by atoms with Gasteiger partial charge in [0.1, 0.15) is 16.2 Å². The zero-order valence-corrected chi connectivity index (χ0v) is 9.99. The Labute approximate surface area is 101 Å². The number of pyridine rings is 1. The Hall–Kier alpha value is -1.78. The summed E-state index contributed by atoms with van der Waals surface area (Å²) in [5.74, 6) is 5.50. The van der Waals surface area contributed by atoms with E-state index in [9.17, 15) is 8.42 Å². The fourth-order valence-electron chi connectivity index (χ4n) is 1.02. The van der Waals surface area contributed by atoms with Crippen molar-refractivity contribution in [1.82, 2.24) is 15.2 Å². The molecule has 2 rings (SSSR count). The Morgan fingerprint density at radius 3 is 2.71 bits per heavy atom. The highest BCUT2D eigenvalue weighted by Gasteiger charge is 2.16. The molecule has 0 unspecified atom stereocenters. The molecular weight excluding hydrogens is 264 g/mol. The lowest BCUT2D eigenvalue weighted by molar-refractivity contribution is 0.600. The Morgan fingerprint density at radius 2 is 2.18 bits per heavy atom. The largest absolute Gasteiger partial charge is 0.308 e. The summed E-state index contributed by atoms with van der Waals surface area (Å²) in [6, 6.07) is 2.83. The molecule has 0 fully saturated rings. The van der Waals surface area contributed by atoms with Crippen molar-refractivity contribution in [3.8, 4) is 0 Å². The van der Waals surface area contributed by atoms with E-state index in [-0.39, 0.29) is 10.0 Å². The lowest BCUT2D eigenvalue weighted by atomic mass is 10.5. The van der Waals surface area contributed by atoms with Gasteiger partial charge >= 0.3 is 0 Å². The molecule has 90 valence electrons. The number of nitrogens with two attached hydrogens (primary N) is 1. The zero-order chi connectivity index (χ0) is 12.3. The summed E-state index contributed by atoms with van der Waals surface area (Å²) in [6.45, 7) is 0. The second-order valence-electron chi connectivity index (χ2n) is 2.87. The van der Waals surface area contributed by atoms with Crippen LogP contribution in [0.2, 0.25) is 0 Å². The van der Waals surface area contributed by atoms with E-state index in [1.807, 2.05) is 0 Å². The molecule has 0 aliphatic rings. The SMILES string of the molecule is NNc1ccc(S(=O)(=O)Nc2nncs2)cn1. The second-order valence-corrected chi connectivity index (χ2v) is 5.39. The number of nitrogens with one attached hydrogen (secondary N) is 2. The molecule has 0 amide bonds. The predicted octanol–water partition coefficient (Wildman–Crippen LogP) is 0.0195. The van der Waals surface area contributed by atoms with Gasteiger partial charge in [-0.15, -0.1) is 10.2 Å². The summed E-state index contributed by atoms with van der Waals surface area (Å²) in [5.41, 5.74) is 3.73. The van der Waals surface area contributed by atoms with Crippen molar-refractivity contribution in [3.63, 3.8) is 0 Å². The molecule has 0 saturated heterocycles. The molecule has 0 radical (unpaired) electrons. The predicted molar refractivity (Wildman–Crippen MR) is 62.8 cm³/mol. The maximum absolute atomic E-state index is 11.8. The zero-order valence-electron chi connectivity index (χ0n) is 8.36. The van der Waals surface area contributed by atoms with Crippen LogP contribution in [0.5, 0.6) is 0 Å². The second kappa shape index (κ2) is 4.61. The maximum atomic E-state index is 11.8. The van der Waals surface area contributed by atoms with Gasteiger partial charge in [-0.2, -0.15) is 0 Å². The van der Waals surface area contributed by atoms with Crippen LogP contribution in [-0.4, -0.2) is 23.6 Å². The first-order chi connectivity index (χ1) is 8.12. The first-order valence-electron chi connectivity index (χ1n) is 4.33. The highest BCUT2D eigenvalue weighted by atomic mass is 32.2. The Morgan fingerprint density at radius 1 is 1.35 bits per heavy atom. The molecule has 0 bridgehead atoms. The van der Waals surface area contributed by atoms with Gasteiger partial charge in [-0.1, -0.05) is 11.3 Å². The van der Waals surface area contributed by atoms with Crippen LogP contribution in [0.1, 0.15) is 0 Å². The van der Waals surface area contributed by atoms with Gasteiger partial charge in [0.15, 0.2) is 0 Å². The normalized spacial score (nSPS) is 11.1. The van der Waals surface area contributed by atoms with Crippen molar-refractivity contribution in [1.29, 1.82) is 0 Å². The van der Waals surface area contributed by atoms with E-state index in [0.717, 1.165) is 11.3 Å². The molecule has 8 nitrogen and oxygen atoms in total. The maximum Gasteiger partial charge on any atom is 0.265 e. The Bertz CT molecular complexity index is 579. The van der Waals surface area contributed by atoms with Crippen molar-refractivity contribution in [2.24, 2.45) is 5.84 Å². The molecule has 0 aromatic carbocycles. The smallest absolute Gasteiger partial charge is 0.265 e. The number of rotatable bonds is 4. The topological polar surface area (TPSA) is 123 Å². The number of aromatic nitrogens is 3. The van der Waals surface area contributed by atoms with E-state index < -0.39 is 10.0 Å². The van der Waals surface area contributed by atoms with Crippen LogP contribution in [0.4, 0.5) is 10.9 Å². The number of hydrogen-bond acceptors (Lipinski definition) is 8. The van der Waals surface area contributed by atoms with Crippen molar-refractivity contribution < 1.29 is 8.42 Å². The molecule has 0 atom stereocenters. The number of sulfonamides is 1. The third-order valence-corrected chi connectivity index (χ3v) is 3.84. The lowest BCUT2D eigenvalue weighted by Crippen LogP contribution is -2.14. The van der Waals surface area contributed by atoms with Gasteiger partial charge in [0, 0.05) is 6.20 Å². The summed E-state index contributed by atoms with van der Waals surface area (Å²) >= 11 is 1.09. The van der Waals surface area contributed by atoms with Crippen LogP contribution < -0.4 is 16.0 Å². The third-order valence-electron chi connectivity index (χ3n) is 1.78. The molecule has 2 aromatic rings. The van der Waals surface area contributed by atoms with E-state index in [4.69, 9.17) is 5.84 Å². The summed E-state index contributed by atoms with van der Waals surface area (Å²) in [4.78, 5) is 3.82. The molecular formula is C7H8N6O2S2. The summed E-state index contributed by atoms with van der Waals surface area (Å²) in [5, 5.41) is 7.31. The summed E-state index contributed by atoms with van der Waals surface area (Å²) < 4.78 is 25.9. The minimum atomic E-state index is -3.68. The first-order valence-corrected chi connectivity index (χ1v) is 6.70. The number of hydrazine groups is 1. The monoisotopic (exact) mass is 272 g/mol. The van der Waals surface area contributed by atoms with Crippen molar-refractivity contribution in [3.05, 3.63) is 23.8 Å². The van der Waals surface area contributed by atoms with Gasteiger partial charge in [0.05, 0.1) is 0 Å². The highest BCUT2D eigenvalue weighted by molar-refractivity contribution is 7.93. The van der Waals surface area contributed by atoms with Crippen LogP contribution in [-0.2, 0) is 10.0 Å². The van der Waals surface area contributed by atoms with Gasteiger partial charge in [0.2, 0.25) is 5.13 Å². The van der Waals surface area contributed by atoms with E-state index >= 15 is 0 Å². The molecule has 10 heteroatoms. The summed E-state index contributed by atoms with van der Waals surface area (Å²) in [7, 11) is -3.68. The van der Waals surface area contributed by atoms with Gasteiger partial charge < -0.3 is 5.43 Å². The molecule has 2 heterocycles. The Kier molecular flexibility index (Phi) is 3.17. The Balaban J connectivity index is 2.25. The lowest BCUT2D eigenvalue weighted by Gasteiger charge is -2.04.